The van der Waals surface area contributed by atoms with E-state index in [0.717, 1.165) is 64.0 Å². The lowest BCUT2D eigenvalue weighted by atomic mass is 10.2. The lowest BCUT2D eigenvalue weighted by Crippen LogP contribution is -2.36. The highest BCUT2D eigenvalue weighted by atomic mass is 79.9. The molecule has 0 aliphatic carbocycles. The molecule has 0 radical (unpaired) electrons. The highest BCUT2D eigenvalue weighted by Gasteiger charge is 2.14. The maximum absolute atomic E-state index is 6.57. The van der Waals surface area contributed by atoms with Crippen molar-refractivity contribution in [2.24, 2.45) is 0 Å². The van der Waals surface area contributed by atoms with Gasteiger partial charge in [0, 0.05) is 45.9 Å². The predicted octanol–water partition coefficient (Wildman–Crippen LogP) is 6.78. The second kappa shape index (κ2) is 10.6. The Bertz CT molecular complexity index is 1040. The molecule has 0 unspecified atom stereocenters. The van der Waals surface area contributed by atoms with Crippen LogP contribution in [0.3, 0.4) is 0 Å². The minimum atomic E-state index is 0.411. The van der Waals surface area contributed by atoms with Gasteiger partial charge >= 0.3 is 0 Å². The second-order valence-corrected chi connectivity index (χ2v) is 8.98. The van der Waals surface area contributed by atoms with Gasteiger partial charge in [-0.3, -0.25) is 0 Å². The standard InChI is InChI=1S/C24H23BrCl2N2O2/c25-19-5-8-24(31-16-17-3-1-2-4-21(17)26)18(13-19)15-28-20-6-7-23(22(27)14-20)29-9-11-30-12-10-29/h1-8,13-14,28H,9-12,15-16H2. The van der Waals surface area contributed by atoms with Crippen LogP contribution in [0.2, 0.25) is 10.0 Å². The Morgan fingerprint density at radius 1 is 0.935 bits per heavy atom. The topological polar surface area (TPSA) is 33.7 Å². The van der Waals surface area contributed by atoms with Crippen LogP contribution in [0.5, 0.6) is 5.75 Å². The molecule has 0 amide bonds. The molecule has 162 valence electrons. The van der Waals surface area contributed by atoms with Gasteiger partial charge in [-0.2, -0.15) is 0 Å². The summed E-state index contributed by atoms with van der Waals surface area (Å²) < 4.78 is 12.5. The monoisotopic (exact) mass is 520 g/mol. The Hall–Kier alpha value is -1.92. The van der Waals surface area contributed by atoms with Crippen molar-refractivity contribution in [3.8, 4) is 5.75 Å². The summed E-state index contributed by atoms with van der Waals surface area (Å²) in [6.07, 6.45) is 0. The van der Waals surface area contributed by atoms with E-state index in [1.165, 1.54) is 0 Å². The maximum atomic E-state index is 6.57. The summed E-state index contributed by atoms with van der Waals surface area (Å²) in [4.78, 5) is 2.25. The zero-order valence-electron chi connectivity index (χ0n) is 16.9. The first kappa shape index (κ1) is 22.3. The van der Waals surface area contributed by atoms with E-state index in [4.69, 9.17) is 32.7 Å². The number of hydrogen-bond acceptors (Lipinski definition) is 4. The molecule has 0 aromatic heterocycles. The number of rotatable bonds is 7. The smallest absolute Gasteiger partial charge is 0.124 e. The SMILES string of the molecule is Clc1ccccc1COc1ccc(Br)cc1CNc1ccc(N2CCOCC2)c(Cl)c1. The Morgan fingerprint density at radius 3 is 2.52 bits per heavy atom. The summed E-state index contributed by atoms with van der Waals surface area (Å²) in [5, 5.41) is 4.89. The van der Waals surface area contributed by atoms with Crippen molar-refractivity contribution >= 4 is 50.5 Å². The van der Waals surface area contributed by atoms with Gasteiger partial charge in [-0.25, -0.2) is 0 Å². The number of anilines is 2. The number of ether oxygens (including phenoxy) is 2. The van der Waals surface area contributed by atoms with Gasteiger partial charge in [0.15, 0.2) is 0 Å². The molecule has 4 nitrogen and oxygen atoms in total. The van der Waals surface area contributed by atoms with Crippen molar-refractivity contribution in [3.05, 3.63) is 86.3 Å². The number of benzene rings is 3. The van der Waals surface area contributed by atoms with Crippen LogP contribution in [0.15, 0.2) is 65.1 Å². The lowest BCUT2D eigenvalue weighted by Gasteiger charge is -2.29. The van der Waals surface area contributed by atoms with Crippen LogP contribution in [0.25, 0.3) is 0 Å². The third kappa shape index (κ3) is 5.86. The van der Waals surface area contributed by atoms with Crippen molar-refractivity contribution in [1.82, 2.24) is 0 Å². The summed E-state index contributed by atoms with van der Waals surface area (Å²) in [5.74, 6) is 0.812. The van der Waals surface area contributed by atoms with E-state index in [2.05, 4.69) is 44.3 Å². The Morgan fingerprint density at radius 2 is 1.74 bits per heavy atom. The minimum absolute atomic E-state index is 0.411. The molecule has 0 spiro atoms. The molecule has 1 heterocycles. The van der Waals surface area contributed by atoms with E-state index in [1.807, 2.05) is 42.5 Å². The van der Waals surface area contributed by atoms with Gasteiger partial charge in [0.1, 0.15) is 12.4 Å². The third-order valence-electron chi connectivity index (χ3n) is 5.15. The maximum Gasteiger partial charge on any atom is 0.124 e. The zero-order chi connectivity index (χ0) is 21.6. The van der Waals surface area contributed by atoms with Crippen molar-refractivity contribution < 1.29 is 9.47 Å². The Balaban J connectivity index is 1.43. The molecule has 1 aliphatic heterocycles. The van der Waals surface area contributed by atoms with Gasteiger partial charge in [0.05, 0.1) is 23.9 Å². The minimum Gasteiger partial charge on any atom is -0.488 e. The van der Waals surface area contributed by atoms with Crippen LogP contribution in [-0.2, 0) is 17.9 Å². The fraction of sp³-hybridized carbons (Fsp3) is 0.250. The molecule has 31 heavy (non-hydrogen) atoms. The van der Waals surface area contributed by atoms with Gasteiger partial charge in [0.25, 0.3) is 0 Å². The first-order valence-corrected chi connectivity index (χ1v) is 11.7. The summed E-state index contributed by atoms with van der Waals surface area (Å²) in [6.45, 7) is 4.19. The van der Waals surface area contributed by atoms with E-state index in [1.54, 1.807) is 0 Å². The Kier molecular flexibility index (Phi) is 7.62. The third-order valence-corrected chi connectivity index (χ3v) is 6.31. The molecule has 1 saturated heterocycles. The molecule has 0 saturated carbocycles. The molecule has 7 heteroatoms. The summed E-state index contributed by atoms with van der Waals surface area (Å²) in [7, 11) is 0. The molecule has 3 aromatic carbocycles. The molecule has 0 bridgehead atoms. The van der Waals surface area contributed by atoms with E-state index >= 15 is 0 Å². The fourth-order valence-corrected chi connectivity index (χ4v) is 4.37. The molecule has 1 aliphatic rings. The van der Waals surface area contributed by atoms with Crippen molar-refractivity contribution in [1.29, 1.82) is 0 Å². The zero-order valence-corrected chi connectivity index (χ0v) is 20.0. The van der Waals surface area contributed by atoms with Crippen LogP contribution in [-0.4, -0.2) is 26.3 Å². The van der Waals surface area contributed by atoms with Crippen molar-refractivity contribution in [2.45, 2.75) is 13.2 Å². The van der Waals surface area contributed by atoms with Gasteiger partial charge in [-0.05, 0) is 42.5 Å². The van der Waals surface area contributed by atoms with E-state index in [0.29, 0.717) is 18.2 Å². The van der Waals surface area contributed by atoms with E-state index in [-0.39, 0.29) is 0 Å². The second-order valence-electron chi connectivity index (χ2n) is 7.25. The highest BCUT2D eigenvalue weighted by Crippen LogP contribution is 2.31. The van der Waals surface area contributed by atoms with Crippen molar-refractivity contribution in [2.75, 3.05) is 36.5 Å². The highest BCUT2D eigenvalue weighted by molar-refractivity contribution is 9.10. The number of halogens is 3. The summed E-state index contributed by atoms with van der Waals surface area (Å²) in [5.41, 5.74) is 3.99. The van der Waals surface area contributed by atoms with Crippen LogP contribution >= 0.6 is 39.1 Å². The summed E-state index contributed by atoms with van der Waals surface area (Å²) >= 11 is 16.4. The largest absolute Gasteiger partial charge is 0.488 e. The number of hydrogen-bond donors (Lipinski definition) is 1. The molecular formula is C24H23BrCl2N2O2. The molecule has 4 rings (SSSR count). The van der Waals surface area contributed by atoms with E-state index < -0.39 is 0 Å². The van der Waals surface area contributed by atoms with Gasteiger partial charge in [-0.15, -0.1) is 0 Å². The molecule has 1 N–H and O–H groups in total. The van der Waals surface area contributed by atoms with Gasteiger partial charge in [0.2, 0.25) is 0 Å². The first-order chi connectivity index (χ1) is 15.1. The fourth-order valence-electron chi connectivity index (χ4n) is 3.47. The number of nitrogens with zero attached hydrogens (tertiary/aromatic N) is 1. The number of morpholine rings is 1. The quantitative estimate of drug-likeness (QED) is 0.371. The van der Waals surface area contributed by atoms with Crippen molar-refractivity contribution in [3.63, 3.8) is 0 Å². The normalized spacial score (nSPS) is 13.8. The Labute approximate surface area is 201 Å². The predicted molar refractivity (Wildman–Crippen MR) is 132 cm³/mol. The average molecular weight is 522 g/mol. The van der Waals surface area contributed by atoms with Gasteiger partial charge in [-0.1, -0.05) is 57.3 Å². The summed E-state index contributed by atoms with van der Waals surface area (Å²) in [6, 6.07) is 19.8. The first-order valence-electron chi connectivity index (χ1n) is 10.1. The number of nitrogens with one attached hydrogen (secondary N) is 1. The van der Waals surface area contributed by atoms with Crippen LogP contribution in [0, 0.1) is 0 Å². The van der Waals surface area contributed by atoms with Crippen LogP contribution < -0.4 is 15.0 Å². The molecule has 0 atom stereocenters. The average Bonchev–Trinajstić information content (AvgIpc) is 2.78. The van der Waals surface area contributed by atoms with E-state index in [9.17, 15) is 0 Å². The molecule has 1 fully saturated rings. The molecule has 3 aromatic rings. The van der Waals surface area contributed by atoms with Crippen LogP contribution in [0.1, 0.15) is 11.1 Å². The van der Waals surface area contributed by atoms with Gasteiger partial charge < -0.3 is 19.7 Å². The lowest BCUT2D eigenvalue weighted by molar-refractivity contribution is 0.122. The molecular weight excluding hydrogens is 499 g/mol. The van der Waals surface area contributed by atoms with Crippen LogP contribution in [0.4, 0.5) is 11.4 Å².